The number of thiazole rings is 1. The lowest BCUT2D eigenvalue weighted by molar-refractivity contribution is -0.117. The number of ketones is 1. The number of rotatable bonds is 6. The molecule has 0 aliphatic carbocycles. The van der Waals surface area contributed by atoms with Gasteiger partial charge in [-0.15, -0.1) is 11.3 Å². The summed E-state index contributed by atoms with van der Waals surface area (Å²) in [5, 5.41) is 7.35. The predicted octanol–water partition coefficient (Wildman–Crippen LogP) is 2.58. The second kappa shape index (κ2) is 6.10. The molecule has 2 aromatic heterocycles. The smallest absolute Gasteiger partial charge is 0.145 e. The summed E-state index contributed by atoms with van der Waals surface area (Å²) in [5.41, 5.74) is 3.05. The number of Topliss-reactive ketones (excluding diaryl/α,β-unsaturated/α-hetero) is 1. The van der Waals surface area contributed by atoms with Gasteiger partial charge in [0.2, 0.25) is 0 Å². The Morgan fingerprint density at radius 3 is 2.74 bits per heavy atom. The second-order valence-corrected chi connectivity index (χ2v) is 5.51. The molecule has 19 heavy (non-hydrogen) atoms. The van der Waals surface area contributed by atoms with Crippen LogP contribution in [0.2, 0.25) is 0 Å². The Labute approximate surface area is 117 Å². The highest BCUT2D eigenvalue weighted by Gasteiger charge is 2.12. The van der Waals surface area contributed by atoms with Crippen LogP contribution in [0.15, 0.2) is 11.4 Å². The molecule has 0 atom stereocenters. The van der Waals surface area contributed by atoms with Crippen LogP contribution < -0.4 is 0 Å². The topological polar surface area (TPSA) is 47.8 Å². The summed E-state index contributed by atoms with van der Waals surface area (Å²) >= 11 is 1.55. The molecule has 0 aliphatic rings. The minimum absolute atomic E-state index is 0.201. The minimum atomic E-state index is 0.201. The maximum absolute atomic E-state index is 12.1. The third kappa shape index (κ3) is 3.50. The summed E-state index contributed by atoms with van der Waals surface area (Å²) in [6.45, 7) is 6.88. The van der Waals surface area contributed by atoms with E-state index in [0.717, 1.165) is 35.1 Å². The van der Waals surface area contributed by atoms with Crippen LogP contribution in [0.5, 0.6) is 0 Å². The van der Waals surface area contributed by atoms with Crippen molar-refractivity contribution in [3.05, 3.63) is 33.5 Å². The maximum Gasteiger partial charge on any atom is 0.145 e. The lowest BCUT2D eigenvalue weighted by atomic mass is 10.1. The van der Waals surface area contributed by atoms with Gasteiger partial charge in [-0.2, -0.15) is 5.10 Å². The van der Waals surface area contributed by atoms with E-state index < -0.39 is 0 Å². The largest absolute Gasteiger partial charge is 0.299 e. The fourth-order valence-corrected chi connectivity index (χ4v) is 2.82. The molecule has 2 rings (SSSR count). The van der Waals surface area contributed by atoms with Crippen molar-refractivity contribution in [2.24, 2.45) is 0 Å². The molecular weight excluding hydrogens is 258 g/mol. The van der Waals surface area contributed by atoms with E-state index in [9.17, 15) is 4.79 Å². The molecule has 0 unspecified atom stereocenters. The quantitative estimate of drug-likeness (QED) is 0.815. The first-order valence-electron chi connectivity index (χ1n) is 6.60. The molecule has 102 valence electrons. The summed E-state index contributed by atoms with van der Waals surface area (Å²) in [6, 6.07) is 2.04. The van der Waals surface area contributed by atoms with Crippen LogP contribution in [0.1, 0.15) is 35.9 Å². The highest BCUT2D eigenvalue weighted by molar-refractivity contribution is 7.09. The van der Waals surface area contributed by atoms with Gasteiger partial charge >= 0.3 is 0 Å². The first-order valence-corrected chi connectivity index (χ1v) is 7.48. The maximum atomic E-state index is 12.1. The third-order valence-corrected chi connectivity index (χ3v) is 3.94. The van der Waals surface area contributed by atoms with Gasteiger partial charge in [-0.25, -0.2) is 4.98 Å². The van der Waals surface area contributed by atoms with Crippen LogP contribution in [0, 0.1) is 6.92 Å². The summed E-state index contributed by atoms with van der Waals surface area (Å²) in [5.74, 6) is 0.201. The molecular formula is C14H19N3OS. The first kappa shape index (κ1) is 13.9. The highest BCUT2D eigenvalue weighted by Crippen LogP contribution is 2.12. The van der Waals surface area contributed by atoms with Gasteiger partial charge in [0.05, 0.1) is 12.1 Å². The lowest BCUT2D eigenvalue weighted by Crippen LogP contribution is -2.11. The number of aromatic nitrogens is 3. The van der Waals surface area contributed by atoms with Gasteiger partial charge in [-0.1, -0.05) is 6.92 Å². The molecule has 0 aliphatic heterocycles. The van der Waals surface area contributed by atoms with Crippen LogP contribution >= 0.6 is 11.3 Å². The summed E-state index contributed by atoms with van der Waals surface area (Å²) in [4.78, 5) is 16.4. The van der Waals surface area contributed by atoms with Crippen molar-refractivity contribution in [2.45, 2.75) is 46.6 Å². The zero-order valence-corrected chi connectivity index (χ0v) is 12.5. The molecule has 0 spiro atoms. The first-order chi connectivity index (χ1) is 9.12. The van der Waals surface area contributed by atoms with Gasteiger partial charge in [0.15, 0.2) is 0 Å². The van der Waals surface area contributed by atoms with Crippen LogP contribution in [0.25, 0.3) is 0 Å². The van der Waals surface area contributed by atoms with Crippen molar-refractivity contribution < 1.29 is 4.79 Å². The van der Waals surface area contributed by atoms with Crippen molar-refractivity contribution in [2.75, 3.05) is 0 Å². The molecule has 2 aromatic rings. The standard InChI is InChI=1S/C14H19N3OS/c1-4-11-6-12(17(5-2)16-11)7-13(18)8-14-15-10(3)9-19-14/h6,9H,4-5,7-8H2,1-3H3. The highest BCUT2D eigenvalue weighted by atomic mass is 32.1. The van der Waals surface area contributed by atoms with Crippen molar-refractivity contribution in [1.29, 1.82) is 0 Å². The fourth-order valence-electron chi connectivity index (χ4n) is 2.02. The van der Waals surface area contributed by atoms with E-state index in [1.54, 1.807) is 11.3 Å². The molecule has 2 heterocycles. The van der Waals surface area contributed by atoms with Crippen LogP contribution in [0.3, 0.4) is 0 Å². The Morgan fingerprint density at radius 2 is 2.16 bits per heavy atom. The molecule has 0 fully saturated rings. The predicted molar refractivity (Wildman–Crippen MR) is 76.5 cm³/mol. The van der Waals surface area contributed by atoms with E-state index in [2.05, 4.69) is 17.0 Å². The van der Waals surface area contributed by atoms with Crippen LogP contribution in [0.4, 0.5) is 0 Å². The number of nitrogens with zero attached hydrogens (tertiary/aromatic N) is 3. The Hall–Kier alpha value is -1.49. The fraction of sp³-hybridized carbons (Fsp3) is 0.500. The molecule has 4 nitrogen and oxygen atoms in total. The number of hydrogen-bond donors (Lipinski definition) is 0. The Bertz CT molecular complexity index is 571. The van der Waals surface area contributed by atoms with Crippen LogP contribution in [-0.4, -0.2) is 20.5 Å². The van der Waals surface area contributed by atoms with E-state index in [0.29, 0.717) is 12.8 Å². The molecule has 0 amide bonds. The molecule has 0 bridgehead atoms. The monoisotopic (exact) mass is 277 g/mol. The summed E-state index contributed by atoms with van der Waals surface area (Å²) in [6.07, 6.45) is 1.77. The van der Waals surface area contributed by atoms with Gasteiger partial charge in [-0.05, 0) is 26.3 Å². The SMILES string of the molecule is CCc1cc(CC(=O)Cc2nc(C)cs2)n(CC)n1. The van der Waals surface area contributed by atoms with Gasteiger partial charge in [-0.3, -0.25) is 9.48 Å². The van der Waals surface area contributed by atoms with E-state index in [1.807, 2.05) is 30.0 Å². The normalized spacial score (nSPS) is 10.9. The van der Waals surface area contributed by atoms with Crippen molar-refractivity contribution >= 4 is 17.1 Å². The van der Waals surface area contributed by atoms with E-state index in [4.69, 9.17) is 0 Å². The average Bonchev–Trinajstić information content (AvgIpc) is 2.95. The van der Waals surface area contributed by atoms with Gasteiger partial charge < -0.3 is 0 Å². The van der Waals surface area contributed by atoms with Crippen molar-refractivity contribution in [3.63, 3.8) is 0 Å². The van der Waals surface area contributed by atoms with Gasteiger partial charge in [0.25, 0.3) is 0 Å². The molecule has 0 radical (unpaired) electrons. The number of aryl methyl sites for hydroxylation is 3. The molecule has 0 N–H and O–H groups in total. The number of carbonyl (C=O) groups excluding carboxylic acids is 1. The lowest BCUT2D eigenvalue weighted by Gasteiger charge is -2.02. The Morgan fingerprint density at radius 1 is 1.37 bits per heavy atom. The van der Waals surface area contributed by atoms with Crippen molar-refractivity contribution in [1.82, 2.24) is 14.8 Å². The van der Waals surface area contributed by atoms with E-state index in [1.165, 1.54) is 0 Å². The molecule has 0 saturated carbocycles. The van der Waals surface area contributed by atoms with E-state index in [-0.39, 0.29) is 5.78 Å². The number of carbonyl (C=O) groups is 1. The average molecular weight is 277 g/mol. The summed E-state index contributed by atoms with van der Waals surface area (Å²) in [7, 11) is 0. The molecule has 5 heteroatoms. The third-order valence-electron chi connectivity index (χ3n) is 2.97. The van der Waals surface area contributed by atoms with Gasteiger partial charge in [0.1, 0.15) is 10.8 Å². The number of hydrogen-bond acceptors (Lipinski definition) is 4. The van der Waals surface area contributed by atoms with Crippen molar-refractivity contribution in [3.8, 4) is 0 Å². The second-order valence-electron chi connectivity index (χ2n) is 4.57. The Balaban J connectivity index is 2.04. The van der Waals surface area contributed by atoms with Crippen LogP contribution in [-0.2, 0) is 30.6 Å². The zero-order chi connectivity index (χ0) is 13.8. The van der Waals surface area contributed by atoms with Gasteiger partial charge in [0, 0.05) is 29.7 Å². The summed E-state index contributed by atoms with van der Waals surface area (Å²) < 4.78 is 1.92. The molecule has 0 aromatic carbocycles. The minimum Gasteiger partial charge on any atom is -0.299 e. The zero-order valence-electron chi connectivity index (χ0n) is 11.6. The Kier molecular flexibility index (Phi) is 4.47. The molecule has 0 saturated heterocycles. The van der Waals surface area contributed by atoms with E-state index >= 15 is 0 Å².